The minimum Gasteiger partial charge on any atom is -0.330 e. The topological polar surface area (TPSA) is 53.3 Å². The van der Waals surface area contributed by atoms with E-state index in [1.807, 2.05) is 0 Å². The Balaban J connectivity index is 1.77. The summed E-state index contributed by atoms with van der Waals surface area (Å²) in [4.78, 5) is 2.69. The van der Waals surface area contributed by atoms with Crippen molar-refractivity contribution in [3.63, 3.8) is 0 Å². The van der Waals surface area contributed by atoms with E-state index in [9.17, 15) is 0 Å². The van der Waals surface area contributed by atoms with E-state index in [1.165, 1.54) is 29.5 Å². The van der Waals surface area contributed by atoms with Gasteiger partial charge in [0.1, 0.15) is 0 Å². The van der Waals surface area contributed by atoms with E-state index in [4.69, 9.17) is 5.73 Å². The minimum absolute atomic E-state index is 0.359. The summed E-state index contributed by atoms with van der Waals surface area (Å²) < 4.78 is 0. The zero-order valence-corrected chi connectivity index (χ0v) is 23.2. The number of benzene rings is 3. The number of rotatable bonds is 19. The van der Waals surface area contributed by atoms with E-state index < -0.39 is 0 Å². The molecule has 0 amide bonds. The molecule has 0 bridgehead atoms. The highest BCUT2D eigenvalue weighted by Gasteiger charge is 2.41. The van der Waals surface area contributed by atoms with Gasteiger partial charge in [0.2, 0.25) is 0 Å². The van der Waals surface area contributed by atoms with Crippen molar-refractivity contribution in [1.29, 1.82) is 0 Å². The van der Waals surface area contributed by atoms with E-state index in [0.717, 1.165) is 70.8 Å². The third-order valence-corrected chi connectivity index (χ3v) is 7.25. The molecule has 0 fully saturated rings. The highest BCUT2D eigenvalue weighted by molar-refractivity contribution is 7.80. The monoisotopic (exact) mass is 518 g/mol. The molecular weight excluding hydrogens is 472 g/mol. The Bertz CT molecular complexity index is 856. The van der Waals surface area contributed by atoms with E-state index in [2.05, 4.69) is 119 Å². The molecule has 3 aromatic rings. The highest BCUT2D eigenvalue weighted by Crippen LogP contribution is 2.42. The number of unbranched alkanes of at least 4 members (excludes halogenated alkanes) is 1. The molecule has 0 unspecified atom stereocenters. The van der Waals surface area contributed by atoms with Crippen LogP contribution < -0.4 is 16.4 Å². The number of nitrogens with zero attached hydrogens (tertiary/aromatic N) is 1. The summed E-state index contributed by atoms with van der Waals surface area (Å²) in [5, 5.41) is 7.15. The summed E-state index contributed by atoms with van der Waals surface area (Å²) in [6.07, 6.45) is 5.58. The van der Waals surface area contributed by atoms with Crippen LogP contribution in [0.25, 0.3) is 0 Å². The second-order valence-electron chi connectivity index (χ2n) is 9.58. The molecule has 0 heterocycles. The van der Waals surface area contributed by atoms with Crippen LogP contribution in [-0.2, 0) is 5.54 Å². The smallest absolute Gasteiger partial charge is 0.0972 e. The lowest BCUT2D eigenvalue weighted by molar-refractivity contribution is 0.155. The van der Waals surface area contributed by atoms with Crippen LogP contribution in [0.1, 0.15) is 48.8 Å². The molecule has 3 rings (SSSR count). The van der Waals surface area contributed by atoms with Gasteiger partial charge in [-0.1, -0.05) is 91.0 Å². The van der Waals surface area contributed by atoms with Crippen molar-refractivity contribution in [3.05, 3.63) is 108 Å². The summed E-state index contributed by atoms with van der Waals surface area (Å²) in [6.45, 7) is 6.93. The molecular formula is C32H46N4S. The largest absolute Gasteiger partial charge is 0.330 e. The first-order valence-electron chi connectivity index (χ1n) is 14.0. The average molecular weight is 519 g/mol. The van der Waals surface area contributed by atoms with Crippen LogP contribution in [0.15, 0.2) is 91.0 Å². The number of hydrogen-bond donors (Lipinski definition) is 4. The third-order valence-electron chi connectivity index (χ3n) is 6.93. The average Bonchev–Trinajstić information content (AvgIpc) is 2.96. The Morgan fingerprint density at radius 3 is 1.41 bits per heavy atom. The molecule has 0 aliphatic carbocycles. The van der Waals surface area contributed by atoms with Crippen molar-refractivity contribution in [2.24, 2.45) is 5.73 Å². The first-order chi connectivity index (χ1) is 18.3. The molecule has 0 aromatic heterocycles. The van der Waals surface area contributed by atoms with Gasteiger partial charge in [-0.2, -0.15) is 12.6 Å². The Labute approximate surface area is 230 Å². The van der Waals surface area contributed by atoms with Gasteiger partial charge in [0.05, 0.1) is 5.54 Å². The van der Waals surface area contributed by atoms with Crippen LogP contribution in [-0.4, -0.2) is 56.5 Å². The summed E-state index contributed by atoms with van der Waals surface area (Å²) in [7, 11) is 0. The molecule has 0 radical (unpaired) electrons. The van der Waals surface area contributed by atoms with Crippen molar-refractivity contribution < 1.29 is 0 Å². The van der Waals surface area contributed by atoms with E-state index in [1.54, 1.807) is 0 Å². The molecule has 0 saturated heterocycles. The van der Waals surface area contributed by atoms with Crippen LogP contribution in [0.2, 0.25) is 0 Å². The lowest BCUT2D eigenvalue weighted by Crippen LogP contribution is -2.49. The van der Waals surface area contributed by atoms with Gasteiger partial charge in [-0.15, -0.1) is 0 Å². The minimum atomic E-state index is -0.359. The van der Waals surface area contributed by atoms with Crippen molar-refractivity contribution >= 4 is 12.6 Å². The van der Waals surface area contributed by atoms with Gasteiger partial charge in [-0.05, 0) is 87.3 Å². The molecule has 0 saturated carbocycles. The summed E-state index contributed by atoms with van der Waals surface area (Å²) in [6, 6.07) is 33.0. The van der Waals surface area contributed by atoms with Gasteiger partial charge in [0.25, 0.3) is 0 Å². The van der Waals surface area contributed by atoms with Gasteiger partial charge in [0, 0.05) is 13.1 Å². The van der Waals surface area contributed by atoms with Crippen LogP contribution in [0, 0.1) is 0 Å². The second-order valence-corrected chi connectivity index (χ2v) is 10.0. The molecule has 37 heavy (non-hydrogen) atoms. The zero-order chi connectivity index (χ0) is 26.0. The lowest BCUT2D eigenvalue weighted by atomic mass is 9.75. The Morgan fingerprint density at radius 1 is 0.568 bits per heavy atom. The van der Waals surface area contributed by atoms with Gasteiger partial charge in [-0.25, -0.2) is 0 Å². The quantitative estimate of drug-likeness (QED) is 0.0988. The lowest BCUT2D eigenvalue weighted by Gasteiger charge is -2.46. The first kappa shape index (κ1) is 29.4. The van der Waals surface area contributed by atoms with Gasteiger partial charge in [-0.3, -0.25) is 4.90 Å². The standard InChI is InChI=1S/C32H46N4S/c33-21-12-24-34-22-10-11-23-35-25-13-26-36(27-14-28-37)32(29-15-4-1-5-16-29,30-17-6-2-7-18-30)31-19-8-3-9-20-31/h1-9,15-20,34-35,37H,10-14,21-28,33H2. The molecule has 200 valence electrons. The zero-order valence-electron chi connectivity index (χ0n) is 22.3. The molecule has 0 atom stereocenters. The summed E-state index contributed by atoms with van der Waals surface area (Å²) in [5.74, 6) is 0.877. The fourth-order valence-electron chi connectivity index (χ4n) is 5.17. The third kappa shape index (κ3) is 8.69. The number of nitrogens with two attached hydrogens (primary N) is 1. The normalized spacial score (nSPS) is 11.8. The molecule has 5 heteroatoms. The SMILES string of the molecule is NCCCNCCCCNCCCN(CCCS)C(c1ccccc1)(c1ccccc1)c1ccccc1. The van der Waals surface area contributed by atoms with E-state index in [-0.39, 0.29) is 5.54 Å². The van der Waals surface area contributed by atoms with Crippen molar-refractivity contribution in [3.8, 4) is 0 Å². The van der Waals surface area contributed by atoms with Gasteiger partial charge < -0.3 is 16.4 Å². The van der Waals surface area contributed by atoms with Crippen molar-refractivity contribution in [2.45, 2.75) is 37.6 Å². The predicted octanol–water partition coefficient (Wildman–Crippen LogP) is 5.30. The number of hydrogen-bond acceptors (Lipinski definition) is 5. The summed E-state index contributed by atoms with van der Waals surface area (Å²) in [5.41, 5.74) is 9.12. The van der Waals surface area contributed by atoms with Crippen LogP contribution in [0.5, 0.6) is 0 Å². The predicted molar refractivity (Wildman–Crippen MR) is 163 cm³/mol. The molecule has 4 N–H and O–H groups in total. The van der Waals surface area contributed by atoms with Gasteiger partial charge in [0.15, 0.2) is 0 Å². The molecule has 4 nitrogen and oxygen atoms in total. The number of thiol groups is 1. The summed E-state index contributed by atoms with van der Waals surface area (Å²) >= 11 is 4.59. The fourth-order valence-corrected chi connectivity index (χ4v) is 5.31. The second kappa shape index (κ2) is 17.4. The van der Waals surface area contributed by atoms with Crippen LogP contribution in [0.4, 0.5) is 0 Å². The van der Waals surface area contributed by atoms with E-state index in [0.29, 0.717) is 0 Å². The van der Waals surface area contributed by atoms with Crippen LogP contribution >= 0.6 is 12.6 Å². The first-order valence-corrected chi connectivity index (χ1v) is 14.6. The maximum absolute atomic E-state index is 5.55. The van der Waals surface area contributed by atoms with Crippen molar-refractivity contribution in [2.75, 3.05) is 51.6 Å². The molecule has 3 aromatic carbocycles. The Morgan fingerprint density at radius 2 is 0.973 bits per heavy atom. The molecule has 0 aliphatic rings. The maximum Gasteiger partial charge on any atom is 0.0972 e. The fraction of sp³-hybridized carbons (Fsp3) is 0.438. The van der Waals surface area contributed by atoms with Gasteiger partial charge >= 0.3 is 0 Å². The number of nitrogens with one attached hydrogen (secondary N) is 2. The highest BCUT2D eigenvalue weighted by atomic mass is 32.1. The molecule has 0 spiro atoms. The molecule has 0 aliphatic heterocycles. The van der Waals surface area contributed by atoms with E-state index >= 15 is 0 Å². The van der Waals surface area contributed by atoms with Crippen molar-refractivity contribution in [1.82, 2.24) is 15.5 Å². The Kier molecular flexibility index (Phi) is 13.8. The van der Waals surface area contributed by atoms with Crippen LogP contribution in [0.3, 0.4) is 0 Å². The maximum atomic E-state index is 5.55. The Hall–Kier alpha value is -2.15.